The Morgan fingerprint density at radius 2 is 2.00 bits per heavy atom. The van der Waals surface area contributed by atoms with Crippen molar-refractivity contribution >= 4 is 17.5 Å². The molecule has 0 bridgehead atoms. The summed E-state index contributed by atoms with van der Waals surface area (Å²) >= 11 is 1.57. The topological polar surface area (TPSA) is 61.3 Å². The molecule has 1 aromatic heterocycles. The van der Waals surface area contributed by atoms with Crippen molar-refractivity contribution in [3.05, 3.63) is 41.9 Å². The van der Waals surface area contributed by atoms with Crippen molar-refractivity contribution in [1.29, 1.82) is 0 Å². The van der Waals surface area contributed by atoms with E-state index in [1.165, 1.54) is 0 Å². The number of ether oxygens (including phenoxy) is 2. The summed E-state index contributed by atoms with van der Waals surface area (Å²) in [4.78, 5) is 20.5. The maximum atomic E-state index is 12.1. The summed E-state index contributed by atoms with van der Waals surface area (Å²) in [5.41, 5.74) is 1.53. The Morgan fingerprint density at radius 3 is 2.95 bits per heavy atom. The van der Waals surface area contributed by atoms with Gasteiger partial charge < -0.3 is 9.47 Å². The normalized spacial score (nSPS) is 19.8. The average molecular weight is 286 g/mol. The quantitative estimate of drug-likeness (QED) is 0.803. The van der Waals surface area contributed by atoms with Gasteiger partial charge in [-0.3, -0.25) is 4.79 Å². The molecule has 1 atom stereocenters. The highest BCUT2D eigenvalue weighted by Gasteiger charge is 2.29. The van der Waals surface area contributed by atoms with Crippen LogP contribution in [0, 0.1) is 0 Å². The number of aromatic nitrogens is 2. The van der Waals surface area contributed by atoms with Crippen LogP contribution in [0.15, 0.2) is 35.6 Å². The van der Waals surface area contributed by atoms with Gasteiger partial charge in [0.2, 0.25) is 6.79 Å². The minimum atomic E-state index is 0.0366. The smallest absolute Gasteiger partial charge is 0.231 e. The SMILES string of the molecule is O=C1C[C@H](c2ccc3c(c2)OCO3)Sc2nccnc21. The van der Waals surface area contributed by atoms with Crippen molar-refractivity contribution in [2.45, 2.75) is 16.7 Å². The lowest BCUT2D eigenvalue weighted by Crippen LogP contribution is -2.14. The van der Waals surface area contributed by atoms with E-state index in [1.807, 2.05) is 18.2 Å². The molecule has 5 nitrogen and oxygen atoms in total. The van der Waals surface area contributed by atoms with Crippen molar-refractivity contribution in [1.82, 2.24) is 9.97 Å². The number of rotatable bonds is 1. The maximum absolute atomic E-state index is 12.1. The number of carbonyl (C=O) groups excluding carboxylic acids is 1. The molecule has 0 saturated heterocycles. The van der Waals surface area contributed by atoms with Crippen LogP contribution in [0.2, 0.25) is 0 Å². The van der Waals surface area contributed by atoms with E-state index >= 15 is 0 Å². The minimum absolute atomic E-state index is 0.0366. The van der Waals surface area contributed by atoms with Crippen molar-refractivity contribution in [3.63, 3.8) is 0 Å². The van der Waals surface area contributed by atoms with Gasteiger partial charge >= 0.3 is 0 Å². The molecule has 2 aliphatic rings. The van der Waals surface area contributed by atoms with Crippen LogP contribution in [0.4, 0.5) is 0 Å². The summed E-state index contributed by atoms with van der Waals surface area (Å²) in [5.74, 6) is 1.52. The molecule has 0 fully saturated rings. The van der Waals surface area contributed by atoms with Crippen LogP contribution in [-0.4, -0.2) is 22.5 Å². The standard InChI is InChI=1S/C14H10N2O3S/c17-9-6-12(20-14-13(9)15-3-4-16-14)8-1-2-10-11(5-8)19-7-18-10/h1-5,12H,6-7H2/t12-/m1/s1. The van der Waals surface area contributed by atoms with E-state index < -0.39 is 0 Å². The number of nitrogens with zero attached hydrogens (tertiary/aromatic N) is 2. The Hall–Kier alpha value is -2.08. The van der Waals surface area contributed by atoms with Crippen LogP contribution in [0.5, 0.6) is 11.5 Å². The predicted molar refractivity (Wildman–Crippen MR) is 72.1 cm³/mol. The minimum Gasteiger partial charge on any atom is -0.454 e. The summed E-state index contributed by atoms with van der Waals surface area (Å²) in [7, 11) is 0. The molecule has 3 heterocycles. The highest BCUT2D eigenvalue weighted by atomic mass is 32.2. The molecule has 0 N–H and O–H groups in total. The number of benzene rings is 1. The summed E-state index contributed by atoms with van der Waals surface area (Å²) in [5, 5.41) is 0.743. The Kier molecular flexibility index (Phi) is 2.63. The number of Topliss-reactive ketones (excluding diaryl/α,β-unsaturated/α-hetero) is 1. The van der Waals surface area contributed by atoms with E-state index in [0.29, 0.717) is 17.1 Å². The lowest BCUT2D eigenvalue weighted by Gasteiger charge is -2.21. The molecule has 0 aliphatic carbocycles. The van der Waals surface area contributed by atoms with Gasteiger partial charge in [0.05, 0.1) is 0 Å². The van der Waals surface area contributed by atoms with Crippen LogP contribution >= 0.6 is 11.8 Å². The monoisotopic (exact) mass is 286 g/mol. The van der Waals surface area contributed by atoms with Gasteiger partial charge in [-0.1, -0.05) is 17.8 Å². The first kappa shape index (κ1) is 11.7. The van der Waals surface area contributed by atoms with Crippen molar-refractivity contribution in [3.8, 4) is 11.5 Å². The van der Waals surface area contributed by atoms with Gasteiger partial charge in [0.1, 0.15) is 10.7 Å². The predicted octanol–water partition coefficient (Wildman–Crippen LogP) is 2.63. The fraction of sp³-hybridized carbons (Fsp3) is 0.214. The van der Waals surface area contributed by atoms with Crippen molar-refractivity contribution in [2.75, 3.05) is 6.79 Å². The Morgan fingerprint density at radius 1 is 1.15 bits per heavy atom. The highest BCUT2D eigenvalue weighted by molar-refractivity contribution is 7.99. The van der Waals surface area contributed by atoms with Crippen LogP contribution in [0.3, 0.4) is 0 Å². The third-order valence-corrected chi connectivity index (χ3v) is 4.57. The Balaban J connectivity index is 1.69. The highest BCUT2D eigenvalue weighted by Crippen LogP contribution is 2.45. The van der Waals surface area contributed by atoms with Gasteiger partial charge in [-0.2, -0.15) is 0 Å². The molecular weight excluding hydrogens is 276 g/mol. The zero-order valence-electron chi connectivity index (χ0n) is 10.4. The molecule has 2 aromatic rings. The zero-order chi connectivity index (χ0) is 13.5. The fourth-order valence-corrected chi connectivity index (χ4v) is 3.53. The third-order valence-electron chi connectivity index (χ3n) is 3.32. The fourth-order valence-electron chi connectivity index (χ4n) is 2.34. The second-order valence-electron chi connectivity index (χ2n) is 4.56. The zero-order valence-corrected chi connectivity index (χ0v) is 11.2. The molecule has 4 rings (SSSR count). The van der Waals surface area contributed by atoms with Gasteiger partial charge in [0, 0.05) is 24.1 Å². The van der Waals surface area contributed by atoms with Crippen LogP contribution in [0.25, 0.3) is 0 Å². The van der Waals surface area contributed by atoms with Gasteiger partial charge in [-0.15, -0.1) is 0 Å². The first-order valence-corrected chi connectivity index (χ1v) is 7.09. The van der Waals surface area contributed by atoms with E-state index in [-0.39, 0.29) is 17.8 Å². The largest absolute Gasteiger partial charge is 0.454 e. The lowest BCUT2D eigenvalue weighted by atomic mass is 10.0. The molecular formula is C14H10N2O3S. The third kappa shape index (κ3) is 1.84. The van der Waals surface area contributed by atoms with Crippen LogP contribution in [-0.2, 0) is 0 Å². The van der Waals surface area contributed by atoms with E-state index in [0.717, 1.165) is 17.1 Å². The molecule has 6 heteroatoms. The van der Waals surface area contributed by atoms with Gasteiger partial charge in [0.25, 0.3) is 0 Å². The molecule has 100 valence electrons. The van der Waals surface area contributed by atoms with Crippen LogP contribution in [0.1, 0.15) is 27.7 Å². The molecule has 0 saturated carbocycles. The Bertz CT molecular complexity index is 705. The van der Waals surface area contributed by atoms with Gasteiger partial charge in [-0.05, 0) is 17.7 Å². The number of hydrogen-bond acceptors (Lipinski definition) is 6. The number of fused-ring (bicyclic) bond motifs is 2. The summed E-state index contributed by atoms with van der Waals surface area (Å²) < 4.78 is 10.7. The number of carbonyl (C=O) groups is 1. The molecule has 0 spiro atoms. The van der Waals surface area contributed by atoms with E-state index in [9.17, 15) is 4.79 Å². The average Bonchev–Trinajstić information content (AvgIpc) is 2.94. The molecule has 0 unspecified atom stereocenters. The number of ketones is 1. The molecule has 0 amide bonds. The first-order valence-electron chi connectivity index (χ1n) is 6.22. The van der Waals surface area contributed by atoms with Crippen molar-refractivity contribution < 1.29 is 14.3 Å². The second-order valence-corrected chi connectivity index (χ2v) is 5.75. The summed E-state index contributed by atoms with van der Waals surface area (Å²) in [6.07, 6.45) is 3.59. The van der Waals surface area contributed by atoms with Crippen LogP contribution < -0.4 is 9.47 Å². The van der Waals surface area contributed by atoms with Gasteiger partial charge in [0.15, 0.2) is 17.3 Å². The van der Waals surface area contributed by atoms with Crippen molar-refractivity contribution in [2.24, 2.45) is 0 Å². The molecule has 2 aliphatic heterocycles. The maximum Gasteiger partial charge on any atom is 0.231 e. The summed E-state index contributed by atoms with van der Waals surface area (Å²) in [6, 6.07) is 5.79. The number of thioether (sulfide) groups is 1. The Labute approximate surface area is 119 Å². The molecule has 1 aromatic carbocycles. The molecule has 0 radical (unpaired) electrons. The molecule has 20 heavy (non-hydrogen) atoms. The summed E-state index contributed by atoms with van der Waals surface area (Å²) in [6.45, 7) is 0.254. The van der Waals surface area contributed by atoms with E-state index in [4.69, 9.17) is 9.47 Å². The first-order chi connectivity index (χ1) is 9.81. The lowest BCUT2D eigenvalue weighted by molar-refractivity contribution is 0.0970. The second kappa shape index (κ2) is 4.49. The van der Waals surface area contributed by atoms with E-state index in [2.05, 4.69) is 9.97 Å². The van der Waals surface area contributed by atoms with E-state index in [1.54, 1.807) is 24.2 Å². The number of hydrogen-bond donors (Lipinski definition) is 0. The van der Waals surface area contributed by atoms with Gasteiger partial charge in [-0.25, -0.2) is 9.97 Å².